The van der Waals surface area contributed by atoms with Gasteiger partial charge in [-0.15, -0.1) is 11.3 Å². The second kappa shape index (κ2) is 9.52. The van der Waals surface area contributed by atoms with Gasteiger partial charge < -0.3 is 10.1 Å². The second-order valence-electron chi connectivity index (χ2n) is 8.00. The number of nitrogens with zero attached hydrogens (tertiary/aromatic N) is 2. The number of anilines is 1. The zero-order valence-electron chi connectivity index (χ0n) is 19.4. The fourth-order valence-electron chi connectivity index (χ4n) is 3.63. The zero-order chi connectivity index (χ0) is 24.4. The number of nitrogens with one attached hydrogen (secondary N) is 1. The normalized spacial score (nSPS) is 11.8. The van der Waals surface area contributed by atoms with Gasteiger partial charge in [0.15, 0.2) is 6.10 Å². The lowest BCUT2D eigenvalue weighted by atomic mass is 10.1. The van der Waals surface area contributed by atoms with Gasteiger partial charge >= 0.3 is 5.97 Å². The molecule has 2 heterocycles. The summed E-state index contributed by atoms with van der Waals surface area (Å²) in [5.41, 5.74) is 3.83. The molecule has 0 saturated carbocycles. The summed E-state index contributed by atoms with van der Waals surface area (Å²) in [6, 6.07) is 18.8. The highest BCUT2D eigenvalue weighted by Gasteiger charge is 2.25. The lowest BCUT2D eigenvalue weighted by Crippen LogP contribution is -2.32. The van der Waals surface area contributed by atoms with Crippen molar-refractivity contribution >= 4 is 28.9 Å². The molecule has 0 saturated heterocycles. The predicted molar refractivity (Wildman–Crippen MR) is 134 cm³/mol. The molecule has 1 N–H and O–H groups in total. The highest BCUT2D eigenvalue weighted by molar-refractivity contribution is 7.12. The molecule has 8 heteroatoms. The molecule has 34 heavy (non-hydrogen) atoms. The first-order chi connectivity index (χ1) is 16.3. The molecule has 1 unspecified atom stereocenters. The van der Waals surface area contributed by atoms with Gasteiger partial charge in [-0.1, -0.05) is 48.0 Å². The third kappa shape index (κ3) is 4.45. The largest absolute Gasteiger partial charge is 0.448 e. The SMILES string of the molecule is Cc1ccc(-c2ccsc2C(=O)OC(C)C(=O)Nc2c(C)n(C)n(-c3ccccc3)c2=O)cc1. The van der Waals surface area contributed by atoms with E-state index in [0.29, 0.717) is 16.3 Å². The van der Waals surface area contributed by atoms with Gasteiger partial charge in [0.2, 0.25) is 0 Å². The summed E-state index contributed by atoms with van der Waals surface area (Å²) in [6.45, 7) is 5.23. The molecule has 4 rings (SSSR count). The molecule has 0 radical (unpaired) electrons. The van der Waals surface area contributed by atoms with Crippen molar-refractivity contribution in [2.75, 3.05) is 5.32 Å². The van der Waals surface area contributed by atoms with Crippen LogP contribution in [0.3, 0.4) is 0 Å². The van der Waals surface area contributed by atoms with E-state index >= 15 is 0 Å². The van der Waals surface area contributed by atoms with E-state index in [0.717, 1.165) is 16.7 Å². The molecule has 1 amide bonds. The molecular weight excluding hydrogens is 450 g/mol. The van der Waals surface area contributed by atoms with Gasteiger partial charge in [-0.3, -0.25) is 14.3 Å². The predicted octanol–water partition coefficient (Wildman–Crippen LogP) is 4.71. The maximum atomic E-state index is 13.0. The van der Waals surface area contributed by atoms with Crippen molar-refractivity contribution in [3.05, 3.63) is 92.5 Å². The smallest absolute Gasteiger partial charge is 0.349 e. The Hall–Kier alpha value is -3.91. The van der Waals surface area contributed by atoms with Gasteiger partial charge in [0, 0.05) is 12.6 Å². The molecule has 1 atom stereocenters. The van der Waals surface area contributed by atoms with Gasteiger partial charge in [0.05, 0.1) is 11.4 Å². The van der Waals surface area contributed by atoms with Gasteiger partial charge in [-0.2, -0.15) is 0 Å². The molecule has 2 aromatic carbocycles. The summed E-state index contributed by atoms with van der Waals surface area (Å²) in [5, 5.41) is 4.46. The molecule has 0 spiro atoms. The maximum Gasteiger partial charge on any atom is 0.349 e. The summed E-state index contributed by atoms with van der Waals surface area (Å²) in [6.07, 6.45) is -1.09. The fraction of sp³-hybridized carbons (Fsp3) is 0.192. The van der Waals surface area contributed by atoms with Crippen LogP contribution >= 0.6 is 11.3 Å². The molecule has 2 aromatic heterocycles. The van der Waals surface area contributed by atoms with E-state index in [1.165, 1.54) is 22.9 Å². The molecule has 4 aromatic rings. The number of amides is 1. The Morgan fingerprint density at radius 2 is 1.68 bits per heavy atom. The molecule has 0 bridgehead atoms. The highest BCUT2D eigenvalue weighted by atomic mass is 32.1. The molecule has 0 aliphatic carbocycles. The Bertz CT molecular complexity index is 1400. The van der Waals surface area contributed by atoms with E-state index in [2.05, 4.69) is 5.32 Å². The number of hydrogen-bond donors (Lipinski definition) is 1. The van der Waals surface area contributed by atoms with E-state index in [-0.39, 0.29) is 11.2 Å². The van der Waals surface area contributed by atoms with Crippen LogP contribution in [0.15, 0.2) is 70.8 Å². The molecular formula is C26H25N3O4S. The lowest BCUT2D eigenvalue weighted by molar-refractivity contribution is -0.123. The van der Waals surface area contributed by atoms with Gasteiger partial charge in [0.1, 0.15) is 10.6 Å². The van der Waals surface area contributed by atoms with Crippen LogP contribution in [0.4, 0.5) is 5.69 Å². The number of aryl methyl sites for hydroxylation is 1. The topological polar surface area (TPSA) is 82.3 Å². The number of rotatable bonds is 6. The van der Waals surface area contributed by atoms with Crippen LogP contribution < -0.4 is 10.9 Å². The third-order valence-corrected chi connectivity index (χ3v) is 6.56. The van der Waals surface area contributed by atoms with Crippen LogP contribution in [0.2, 0.25) is 0 Å². The van der Waals surface area contributed by atoms with Crippen LogP contribution in [-0.4, -0.2) is 27.3 Å². The Kier molecular flexibility index (Phi) is 6.51. The number of thiophene rings is 1. The fourth-order valence-corrected chi connectivity index (χ4v) is 4.43. The Balaban J connectivity index is 1.51. The first-order valence-corrected chi connectivity index (χ1v) is 11.7. The number of ether oxygens (including phenoxy) is 1. The van der Waals surface area contributed by atoms with Gasteiger partial charge in [-0.25, -0.2) is 9.48 Å². The highest BCUT2D eigenvalue weighted by Crippen LogP contribution is 2.29. The first kappa shape index (κ1) is 23.3. The summed E-state index contributed by atoms with van der Waals surface area (Å²) >= 11 is 1.26. The van der Waals surface area contributed by atoms with Crippen LogP contribution in [0.25, 0.3) is 16.8 Å². The number of carbonyl (C=O) groups is 2. The molecule has 0 fully saturated rings. The number of para-hydroxylation sites is 1. The van der Waals surface area contributed by atoms with E-state index in [1.807, 2.05) is 73.0 Å². The molecule has 174 valence electrons. The molecule has 0 aliphatic heterocycles. The summed E-state index contributed by atoms with van der Waals surface area (Å²) in [5.74, 6) is -1.16. The van der Waals surface area contributed by atoms with Gasteiger partial charge in [-0.05, 0) is 49.9 Å². The molecule has 7 nitrogen and oxygen atoms in total. The van der Waals surface area contributed by atoms with Crippen LogP contribution in [0, 0.1) is 13.8 Å². The number of benzene rings is 2. The van der Waals surface area contributed by atoms with E-state index in [1.54, 1.807) is 18.7 Å². The maximum absolute atomic E-state index is 13.0. The third-order valence-electron chi connectivity index (χ3n) is 5.67. The van der Waals surface area contributed by atoms with Gasteiger partial charge in [0.25, 0.3) is 11.5 Å². The van der Waals surface area contributed by atoms with Crippen molar-refractivity contribution in [1.82, 2.24) is 9.36 Å². The summed E-state index contributed by atoms with van der Waals surface area (Å²) < 4.78 is 8.60. The standard InChI is InChI=1S/C26H25N3O4S/c1-16-10-12-19(13-11-16)21-14-15-34-23(21)26(32)33-18(3)24(30)27-22-17(2)28(4)29(25(22)31)20-8-6-5-7-9-20/h5-15,18H,1-4H3,(H,27,30). The minimum Gasteiger partial charge on any atom is -0.448 e. The van der Waals surface area contributed by atoms with Crippen molar-refractivity contribution in [2.24, 2.45) is 7.05 Å². The Morgan fingerprint density at radius 3 is 2.35 bits per heavy atom. The average Bonchev–Trinajstić information content (AvgIpc) is 3.40. The minimum atomic E-state index is -1.09. The van der Waals surface area contributed by atoms with E-state index in [4.69, 9.17) is 4.74 Å². The van der Waals surface area contributed by atoms with Crippen LogP contribution in [0.1, 0.15) is 27.9 Å². The Labute approximate surface area is 201 Å². The lowest BCUT2D eigenvalue weighted by Gasteiger charge is -2.13. The van der Waals surface area contributed by atoms with E-state index < -0.39 is 18.0 Å². The average molecular weight is 476 g/mol. The van der Waals surface area contributed by atoms with Crippen molar-refractivity contribution < 1.29 is 14.3 Å². The van der Waals surface area contributed by atoms with Crippen molar-refractivity contribution in [3.8, 4) is 16.8 Å². The minimum absolute atomic E-state index is 0.149. The summed E-state index contributed by atoms with van der Waals surface area (Å²) in [4.78, 5) is 39.1. The summed E-state index contributed by atoms with van der Waals surface area (Å²) in [7, 11) is 1.74. The quantitative estimate of drug-likeness (QED) is 0.410. The van der Waals surface area contributed by atoms with Crippen molar-refractivity contribution in [2.45, 2.75) is 26.9 Å². The van der Waals surface area contributed by atoms with Crippen molar-refractivity contribution in [3.63, 3.8) is 0 Å². The monoisotopic (exact) mass is 475 g/mol. The number of esters is 1. The van der Waals surface area contributed by atoms with Crippen molar-refractivity contribution in [1.29, 1.82) is 0 Å². The second-order valence-corrected chi connectivity index (χ2v) is 8.92. The van der Waals surface area contributed by atoms with Crippen LogP contribution in [0.5, 0.6) is 0 Å². The molecule has 0 aliphatic rings. The number of hydrogen-bond acceptors (Lipinski definition) is 5. The Morgan fingerprint density at radius 1 is 1.00 bits per heavy atom. The number of carbonyl (C=O) groups excluding carboxylic acids is 2. The zero-order valence-corrected chi connectivity index (χ0v) is 20.2. The number of aromatic nitrogens is 2. The van der Waals surface area contributed by atoms with E-state index in [9.17, 15) is 14.4 Å². The van der Waals surface area contributed by atoms with Crippen LogP contribution in [-0.2, 0) is 16.6 Å². The first-order valence-electron chi connectivity index (χ1n) is 10.8.